The Hall–Kier alpha value is -3.48. The molecule has 0 saturated carbocycles. The van der Waals surface area contributed by atoms with Crippen LogP contribution in [0.5, 0.6) is 17.2 Å². The first kappa shape index (κ1) is 17.0. The summed E-state index contributed by atoms with van der Waals surface area (Å²) in [6, 6.07) is 12.7. The van der Waals surface area contributed by atoms with Crippen molar-refractivity contribution in [1.29, 1.82) is 0 Å². The van der Waals surface area contributed by atoms with E-state index in [1.165, 1.54) is 0 Å². The Bertz CT molecular complexity index is 995. The zero-order valence-corrected chi connectivity index (χ0v) is 15.2. The molecule has 0 saturated heterocycles. The third kappa shape index (κ3) is 2.77. The quantitative estimate of drug-likeness (QED) is 0.726. The molecule has 1 aromatic heterocycles. The molecule has 7 nitrogen and oxygen atoms in total. The van der Waals surface area contributed by atoms with Crippen molar-refractivity contribution < 1.29 is 19.0 Å². The summed E-state index contributed by atoms with van der Waals surface area (Å²) < 4.78 is 16.0. The lowest BCUT2D eigenvalue weighted by Gasteiger charge is -2.17. The van der Waals surface area contributed by atoms with Gasteiger partial charge in [-0.2, -0.15) is 5.10 Å². The maximum absolute atomic E-state index is 12.4. The average molecular weight is 365 g/mol. The van der Waals surface area contributed by atoms with Crippen LogP contribution in [-0.4, -0.2) is 37.4 Å². The van der Waals surface area contributed by atoms with Crippen molar-refractivity contribution in [2.75, 3.05) is 21.3 Å². The Morgan fingerprint density at radius 3 is 2.30 bits per heavy atom. The van der Waals surface area contributed by atoms with Gasteiger partial charge in [0.2, 0.25) is 0 Å². The van der Waals surface area contributed by atoms with Gasteiger partial charge in [0.1, 0.15) is 22.9 Å². The summed E-state index contributed by atoms with van der Waals surface area (Å²) >= 11 is 0. The highest BCUT2D eigenvalue weighted by molar-refractivity contribution is 6.00. The predicted molar refractivity (Wildman–Crippen MR) is 99.4 cm³/mol. The van der Waals surface area contributed by atoms with Gasteiger partial charge < -0.3 is 19.5 Å². The van der Waals surface area contributed by atoms with Gasteiger partial charge in [0.15, 0.2) is 0 Å². The molecule has 4 rings (SSSR count). The number of benzene rings is 2. The summed E-state index contributed by atoms with van der Waals surface area (Å²) in [5.74, 6) is 1.88. The number of carbonyl (C=O) groups is 1. The van der Waals surface area contributed by atoms with Gasteiger partial charge in [-0.15, -0.1) is 0 Å². The molecule has 2 aromatic carbocycles. The van der Waals surface area contributed by atoms with Crippen molar-refractivity contribution in [3.05, 3.63) is 59.3 Å². The third-order valence-corrected chi connectivity index (χ3v) is 4.71. The molecule has 27 heavy (non-hydrogen) atoms. The van der Waals surface area contributed by atoms with Gasteiger partial charge in [-0.25, -0.2) is 0 Å². The lowest BCUT2D eigenvalue weighted by Crippen LogP contribution is -2.21. The van der Waals surface area contributed by atoms with Crippen LogP contribution in [0.4, 0.5) is 0 Å². The first-order chi connectivity index (χ1) is 13.2. The minimum absolute atomic E-state index is 0.194. The van der Waals surface area contributed by atoms with Crippen LogP contribution in [0.2, 0.25) is 0 Å². The molecule has 0 radical (unpaired) electrons. The molecular weight excluding hydrogens is 346 g/mol. The molecule has 2 N–H and O–H groups in total. The number of H-pyrrole nitrogens is 1. The minimum atomic E-state index is -0.371. The number of hydrogen-bond acceptors (Lipinski definition) is 5. The summed E-state index contributed by atoms with van der Waals surface area (Å²) in [7, 11) is 4.81. The smallest absolute Gasteiger partial charge is 0.270 e. The van der Waals surface area contributed by atoms with E-state index in [2.05, 4.69) is 15.5 Å². The Morgan fingerprint density at radius 1 is 0.926 bits per heavy atom. The number of nitrogens with zero attached hydrogens (tertiary/aromatic N) is 1. The highest BCUT2D eigenvalue weighted by Crippen LogP contribution is 2.41. The average Bonchev–Trinajstić information content (AvgIpc) is 3.29. The lowest BCUT2D eigenvalue weighted by atomic mass is 9.96. The van der Waals surface area contributed by atoms with Gasteiger partial charge >= 0.3 is 0 Å². The maximum Gasteiger partial charge on any atom is 0.270 e. The van der Waals surface area contributed by atoms with Crippen LogP contribution in [0.25, 0.3) is 11.3 Å². The zero-order valence-electron chi connectivity index (χ0n) is 15.2. The van der Waals surface area contributed by atoms with Crippen molar-refractivity contribution in [2.24, 2.45) is 0 Å². The lowest BCUT2D eigenvalue weighted by molar-refractivity contribution is 0.0955. The van der Waals surface area contributed by atoms with Crippen LogP contribution in [0, 0.1) is 0 Å². The summed E-state index contributed by atoms with van der Waals surface area (Å²) in [6.45, 7) is 0. The first-order valence-corrected chi connectivity index (χ1v) is 8.41. The summed E-state index contributed by atoms with van der Waals surface area (Å²) in [5, 5.41) is 10.3. The highest BCUT2D eigenvalue weighted by atomic mass is 16.5. The number of methoxy groups -OCH3 is 3. The van der Waals surface area contributed by atoms with Crippen molar-refractivity contribution in [3.63, 3.8) is 0 Å². The van der Waals surface area contributed by atoms with E-state index in [-0.39, 0.29) is 11.9 Å². The van der Waals surface area contributed by atoms with E-state index in [0.29, 0.717) is 22.9 Å². The van der Waals surface area contributed by atoms with Crippen LogP contribution in [-0.2, 0) is 0 Å². The number of aromatic nitrogens is 2. The van der Waals surface area contributed by atoms with Gasteiger partial charge in [0.05, 0.1) is 33.1 Å². The zero-order chi connectivity index (χ0) is 19.0. The standard InChI is InChI=1S/C20H19N3O4/c1-25-12-6-4-11(5-7-12)17-16-18(21-20(24)19(16)23-22-17)14-9-8-13(26-2)10-15(14)27-3/h4-10,18H,1-3H3,(H,21,24)(H,22,23). The topological polar surface area (TPSA) is 85.5 Å². The van der Waals surface area contributed by atoms with E-state index >= 15 is 0 Å². The third-order valence-electron chi connectivity index (χ3n) is 4.71. The number of rotatable bonds is 5. The van der Waals surface area contributed by atoms with Crippen LogP contribution < -0.4 is 19.5 Å². The Kier molecular flexibility index (Phi) is 4.19. The largest absolute Gasteiger partial charge is 0.497 e. The van der Waals surface area contributed by atoms with Gasteiger partial charge in [-0.05, 0) is 36.4 Å². The highest BCUT2D eigenvalue weighted by Gasteiger charge is 2.37. The fraction of sp³-hybridized carbons (Fsp3) is 0.200. The Balaban J connectivity index is 1.82. The van der Waals surface area contributed by atoms with Crippen LogP contribution >= 0.6 is 0 Å². The Labute approximate surface area is 156 Å². The molecule has 0 spiro atoms. The van der Waals surface area contributed by atoms with E-state index in [9.17, 15) is 4.79 Å². The second kappa shape index (κ2) is 6.68. The van der Waals surface area contributed by atoms with Crippen LogP contribution in [0.1, 0.15) is 27.7 Å². The number of carbonyl (C=O) groups excluding carboxylic acids is 1. The van der Waals surface area contributed by atoms with E-state index in [1.807, 2.05) is 36.4 Å². The molecular formula is C20H19N3O4. The number of nitrogens with one attached hydrogen (secondary N) is 2. The van der Waals surface area contributed by atoms with Crippen LogP contribution in [0.15, 0.2) is 42.5 Å². The van der Waals surface area contributed by atoms with Crippen molar-refractivity contribution in [1.82, 2.24) is 15.5 Å². The molecule has 1 aliphatic heterocycles. The van der Waals surface area contributed by atoms with Crippen LogP contribution in [0.3, 0.4) is 0 Å². The molecule has 0 bridgehead atoms. The van der Waals surface area contributed by atoms with Gasteiger partial charge in [0, 0.05) is 22.8 Å². The predicted octanol–water partition coefficient (Wildman–Crippen LogP) is 2.94. The number of fused-ring (bicyclic) bond motifs is 1. The monoisotopic (exact) mass is 365 g/mol. The maximum atomic E-state index is 12.4. The molecule has 1 amide bonds. The summed E-state index contributed by atoms with van der Waals surface area (Å²) in [6.07, 6.45) is 0. The fourth-order valence-electron chi connectivity index (χ4n) is 3.34. The number of amides is 1. The normalized spacial score (nSPS) is 15.2. The second-order valence-corrected chi connectivity index (χ2v) is 6.10. The molecule has 1 unspecified atom stereocenters. The Morgan fingerprint density at radius 2 is 1.63 bits per heavy atom. The van der Waals surface area contributed by atoms with E-state index < -0.39 is 0 Å². The van der Waals surface area contributed by atoms with E-state index in [1.54, 1.807) is 27.4 Å². The molecule has 3 aromatic rings. The molecule has 1 atom stereocenters. The fourth-order valence-corrected chi connectivity index (χ4v) is 3.34. The van der Waals surface area contributed by atoms with Gasteiger partial charge in [-0.3, -0.25) is 9.89 Å². The first-order valence-electron chi connectivity index (χ1n) is 8.41. The van der Waals surface area contributed by atoms with Crippen molar-refractivity contribution >= 4 is 5.91 Å². The summed E-state index contributed by atoms with van der Waals surface area (Å²) in [5.41, 5.74) is 3.70. The van der Waals surface area contributed by atoms with Crippen molar-refractivity contribution in [3.8, 4) is 28.5 Å². The number of aromatic amines is 1. The molecule has 1 aliphatic rings. The van der Waals surface area contributed by atoms with E-state index in [0.717, 1.165) is 22.4 Å². The van der Waals surface area contributed by atoms with Gasteiger partial charge in [-0.1, -0.05) is 0 Å². The molecule has 0 aliphatic carbocycles. The minimum Gasteiger partial charge on any atom is -0.497 e. The number of ether oxygens (including phenoxy) is 3. The molecule has 7 heteroatoms. The van der Waals surface area contributed by atoms with Gasteiger partial charge in [0.25, 0.3) is 5.91 Å². The number of hydrogen-bond donors (Lipinski definition) is 2. The SMILES string of the molecule is COc1ccc(-c2n[nH]c3c2C(c2ccc(OC)cc2OC)NC3=O)cc1. The second-order valence-electron chi connectivity index (χ2n) is 6.10. The molecule has 138 valence electrons. The van der Waals surface area contributed by atoms with Crippen molar-refractivity contribution in [2.45, 2.75) is 6.04 Å². The molecule has 2 heterocycles. The molecule has 0 fully saturated rings. The van der Waals surface area contributed by atoms with E-state index in [4.69, 9.17) is 14.2 Å². The summed E-state index contributed by atoms with van der Waals surface area (Å²) in [4.78, 5) is 12.4.